The quantitative estimate of drug-likeness (QED) is 0.155. The van der Waals surface area contributed by atoms with Gasteiger partial charge in [-0.2, -0.15) is 0 Å². The SMILES string of the molecule is c1ccc(-c2nc3ccc(-c4ccc(-c5ccc(N(c6ccc(-c7cc8ccccc8o7)cc6)c6ccc(-c7cc8ccccc8o7)cc6)cc5)cc4)cc3o2)cc1. The first kappa shape index (κ1) is 33.4. The minimum absolute atomic E-state index is 0.629. The van der Waals surface area contributed by atoms with Crippen LogP contribution < -0.4 is 4.90 Å². The lowest BCUT2D eigenvalue weighted by Gasteiger charge is -2.26. The van der Waals surface area contributed by atoms with E-state index in [2.05, 4.69) is 138 Å². The molecule has 8 aromatic carbocycles. The van der Waals surface area contributed by atoms with Crippen LogP contribution in [0, 0.1) is 0 Å². The second-order valence-electron chi connectivity index (χ2n) is 14.4. The molecule has 0 bridgehead atoms. The van der Waals surface area contributed by atoms with Crippen LogP contribution in [0.2, 0.25) is 0 Å². The molecule has 0 saturated carbocycles. The van der Waals surface area contributed by atoms with Crippen LogP contribution in [0.5, 0.6) is 0 Å². The number of anilines is 3. The average molecular weight is 747 g/mol. The van der Waals surface area contributed by atoms with E-state index in [1.54, 1.807) is 0 Å². The van der Waals surface area contributed by atoms with E-state index in [0.29, 0.717) is 5.89 Å². The number of furan rings is 2. The van der Waals surface area contributed by atoms with Crippen LogP contribution in [0.1, 0.15) is 0 Å². The fraction of sp³-hybridized carbons (Fsp3) is 0. The standard InChI is InChI=1S/C53H34N2O3/c1-2-8-40(9-3-1)53-54-47-31-24-41(32-52(47)58-53)37-16-14-35(15-17-37)36-18-25-44(26-19-36)55(45-27-20-38(21-28-45)50-33-42-10-4-6-12-48(42)56-50)46-29-22-39(23-30-46)51-34-43-11-5-7-13-49(43)57-51/h1-34H. The van der Waals surface area contributed by atoms with Gasteiger partial charge in [-0.3, -0.25) is 0 Å². The highest BCUT2D eigenvalue weighted by atomic mass is 16.3. The van der Waals surface area contributed by atoms with Crippen molar-refractivity contribution in [2.75, 3.05) is 4.90 Å². The number of para-hydroxylation sites is 2. The van der Waals surface area contributed by atoms with Crippen LogP contribution in [0.15, 0.2) is 220 Å². The fourth-order valence-corrected chi connectivity index (χ4v) is 7.71. The molecule has 0 N–H and O–H groups in total. The number of hydrogen-bond donors (Lipinski definition) is 0. The summed E-state index contributed by atoms with van der Waals surface area (Å²) in [6.07, 6.45) is 0. The Morgan fingerprint density at radius 2 is 0.741 bits per heavy atom. The Morgan fingerprint density at radius 3 is 1.26 bits per heavy atom. The molecule has 0 unspecified atom stereocenters. The lowest BCUT2D eigenvalue weighted by Crippen LogP contribution is -2.09. The Bertz CT molecular complexity index is 3010. The Kier molecular flexibility index (Phi) is 8.07. The van der Waals surface area contributed by atoms with Gasteiger partial charge in [0.2, 0.25) is 5.89 Å². The molecule has 0 radical (unpaired) electrons. The Labute approximate surface area is 334 Å². The summed E-state index contributed by atoms with van der Waals surface area (Å²) >= 11 is 0. The van der Waals surface area contributed by atoms with E-state index in [9.17, 15) is 0 Å². The average Bonchev–Trinajstić information content (AvgIpc) is 4.05. The molecule has 274 valence electrons. The Balaban J connectivity index is 0.894. The molecule has 0 aliphatic rings. The van der Waals surface area contributed by atoms with Crippen molar-refractivity contribution in [3.63, 3.8) is 0 Å². The van der Waals surface area contributed by atoms with Crippen molar-refractivity contribution in [3.8, 4) is 56.4 Å². The molecule has 0 aliphatic heterocycles. The van der Waals surface area contributed by atoms with Crippen molar-refractivity contribution in [1.29, 1.82) is 0 Å². The predicted molar refractivity (Wildman–Crippen MR) is 235 cm³/mol. The second kappa shape index (κ2) is 14.0. The van der Waals surface area contributed by atoms with E-state index in [1.807, 2.05) is 72.8 Å². The topological polar surface area (TPSA) is 55.6 Å². The molecule has 3 heterocycles. The zero-order chi connectivity index (χ0) is 38.4. The van der Waals surface area contributed by atoms with E-state index in [-0.39, 0.29) is 0 Å². The van der Waals surface area contributed by atoms with Crippen LogP contribution >= 0.6 is 0 Å². The summed E-state index contributed by atoms with van der Waals surface area (Å²) in [5, 5.41) is 2.18. The van der Waals surface area contributed by atoms with Gasteiger partial charge in [0.15, 0.2) is 5.58 Å². The van der Waals surface area contributed by atoms with Crippen LogP contribution in [0.25, 0.3) is 89.4 Å². The van der Waals surface area contributed by atoms with E-state index >= 15 is 0 Å². The van der Waals surface area contributed by atoms with Crippen LogP contribution in [-0.2, 0) is 0 Å². The van der Waals surface area contributed by atoms with Gasteiger partial charge in [-0.05, 0) is 131 Å². The minimum atomic E-state index is 0.629. The number of aromatic nitrogens is 1. The van der Waals surface area contributed by atoms with Crippen molar-refractivity contribution in [3.05, 3.63) is 206 Å². The van der Waals surface area contributed by atoms with Gasteiger partial charge in [-0.1, -0.05) is 97.1 Å². The van der Waals surface area contributed by atoms with Gasteiger partial charge in [0, 0.05) is 44.5 Å². The van der Waals surface area contributed by atoms with Gasteiger partial charge >= 0.3 is 0 Å². The third-order valence-electron chi connectivity index (χ3n) is 10.8. The van der Waals surface area contributed by atoms with Crippen molar-refractivity contribution >= 4 is 50.1 Å². The summed E-state index contributed by atoms with van der Waals surface area (Å²) in [4.78, 5) is 6.98. The number of oxazole rings is 1. The van der Waals surface area contributed by atoms with Gasteiger partial charge in [0.1, 0.15) is 28.2 Å². The third kappa shape index (κ3) is 6.21. The maximum absolute atomic E-state index is 6.19. The van der Waals surface area contributed by atoms with E-state index in [1.165, 1.54) is 0 Å². The van der Waals surface area contributed by atoms with Gasteiger partial charge in [-0.25, -0.2) is 4.98 Å². The molecular formula is C53H34N2O3. The number of fused-ring (bicyclic) bond motifs is 3. The van der Waals surface area contributed by atoms with Crippen LogP contribution in [-0.4, -0.2) is 4.98 Å². The summed E-state index contributed by atoms with van der Waals surface area (Å²) < 4.78 is 18.5. The first-order chi connectivity index (χ1) is 28.7. The Morgan fingerprint density at radius 1 is 0.310 bits per heavy atom. The number of nitrogens with zero attached hydrogens (tertiary/aromatic N) is 2. The maximum Gasteiger partial charge on any atom is 0.227 e. The smallest absolute Gasteiger partial charge is 0.227 e. The highest BCUT2D eigenvalue weighted by Crippen LogP contribution is 2.39. The van der Waals surface area contributed by atoms with Crippen LogP contribution in [0.4, 0.5) is 17.1 Å². The predicted octanol–water partition coefficient (Wildman–Crippen LogP) is 15.1. The monoisotopic (exact) mass is 746 g/mol. The van der Waals surface area contributed by atoms with E-state index < -0.39 is 0 Å². The highest BCUT2D eigenvalue weighted by Gasteiger charge is 2.16. The molecule has 5 heteroatoms. The molecule has 3 aromatic heterocycles. The zero-order valence-electron chi connectivity index (χ0n) is 31.2. The molecule has 0 spiro atoms. The molecule has 11 aromatic rings. The number of benzene rings is 8. The zero-order valence-corrected chi connectivity index (χ0v) is 31.2. The van der Waals surface area contributed by atoms with Crippen molar-refractivity contribution in [1.82, 2.24) is 4.98 Å². The van der Waals surface area contributed by atoms with Crippen molar-refractivity contribution in [2.24, 2.45) is 0 Å². The molecule has 0 saturated heterocycles. The lowest BCUT2D eigenvalue weighted by atomic mass is 10.00. The van der Waals surface area contributed by atoms with Gasteiger partial charge in [0.05, 0.1) is 0 Å². The summed E-state index contributed by atoms with van der Waals surface area (Å²) in [6.45, 7) is 0. The van der Waals surface area contributed by atoms with Gasteiger partial charge in [-0.15, -0.1) is 0 Å². The molecule has 0 aliphatic carbocycles. The van der Waals surface area contributed by atoms with Crippen molar-refractivity contribution < 1.29 is 13.3 Å². The minimum Gasteiger partial charge on any atom is -0.456 e. The molecular weight excluding hydrogens is 713 g/mol. The first-order valence-electron chi connectivity index (χ1n) is 19.3. The largest absolute Gasteiger partial charge is 0.456 e. The first-order valence-corrected chi connectivity index (χ1v) is 19.3. The maximum atomic E-state index is 6.19. The lowest BCUT2D eigenvalue weighted by molar-refractivity contribution is 0.620. The molecule has 5 nitrogen and oxygen atoms in total. The number of hydrogen-bond acceptors (Lipinski definition) is 5. The number of rotatable bonds is 8. The molecule has 0 amide bonds. The summed E-state index contributed by atoms with van der Waals surface area (Å²) in [5.74, 6) is 2.32. The van der Waals surface area contributed by atoms with Crippen molar-refractivity contribution in [2.45, 2.75) is 0 Å². The van der Waals surface area contributed by atoms with Gasteiger partial charge < -0.3 is 18.2 Å². The van der Waals surface area contributed by atoms with E-state index in [0.717, 1.165) is 101 Å². The molecule has 58 heavy (non-hydrogen) atoms. The molecule has 0 atom stereocenters. The Hall–Kier alpha value is -7.89. The van der Waals surface area contributed by atoms with Crippen LogP contribution in [0.3, 0.4) is 0 Å². The highest BCUT2D eigenvalue weighted by molar-refractivity contribution is 5.87. The molecule has 11 rings (SSSR count). The van der Waals surface area contributed by atoms with Gasteiger partial charge in [0.25, 0.3) is 0 Å². The summed E-state index contributed by atoms with van der Waals surface area (Å²) in [7, 11) is 0. The summed E-state index contributed by atoms with van der Waals surface area (Å²) in [5.41, 5.74) is 14.0. The van der Waals surface area contributed by atoms with E-state index in [4.69, 9.17) is 18.2 Å². The summed E-state index contributed by atoms with van der Waals surface area (Å²) in [6, 6.07) is 71.2. The second-order valence-corrected chi connectivity index (χ2v) is 14.4. The third-order valence-corrected chi connectivity index (χ3v) is 10.8. The fourth-order valence-electron chi connectivity index (χ4n) is 7.71. The normalized spacial score (nSPS) is 11.4. The molecule has 0 fully saturated rings.